The van der Waals surface area contributed by atoms with Crippen molar-refractivity contribution in [3.63, 3.8) is 0 Å². The van der Waals surface area contributed by atoms with Crippen LogP contribution >= 0.6 is 0 Å². The molecule has 1 aliphatic carbocycles. The van der Waals surface area contributed by atoms with Crippen LogP contribution in [0.25, 0.3) is 0 Å². The number of carbonyl (C=O) groups is 2. The molecule has 1 saturated carbocycles. The van der Waals surface area contributed by atoms with Crippen LogP contribution < -0.4 is 16.0 Å². The van der Waals surface area contributed by atoms with Gasteiger partial charge < -0.3 is 16.0 Å². The Morgan fingerprint density at radius 1 is 1.33 bits per heavy atom. The maximum atomic E-state index is 11.3. The van der Waals surface area contributed by atoms with Crippen LogP contribution in [0.3, 0.4) is 0 Å². The van der Waals surface area contributed by atoms with Gasteiger partial charge in [0.1, 0.15) is 6.04 Å². The lowest BCUT2D eigenvalue weighted by Gasteiger charge is -2.13. The molecule has 0 bridgehead atoms. The smallest absolute Gasteiger partial charge is 0.315 e. The Kier molecular flexibility index (Phi) is 4.39. The Hall–Kier alpha value is -1.26. The topological polar surface area (TPSA) is 70.2 Å². The molecule has 1 unspecified atom stereocenters. The van der Waals surface area contributed by atoms with Crippen molar-refractivity contribution in [1.82, 2.24) is 16.0 Å². The van der Waals surface area contributed by atoms with Gasteiger partial charge in [-0.15, -0.1) is 0 Å². The van der Waals surface area contributed by atoms with E-state index in [-0.39, 0.29) is 11.9 Å². The summed E-state index contributed by atoms with van der Waals surface area (Å²) in [4.78, 5) is 22.6. The number of carbonyl (C=O) groups excluding carboxylic acids is 2. The van der Waals surface area contributed by atoms with Crippen LogP contribution in [-0.2, 0) is 4.79 Å². The van der Waals surface area contributed by atoms with Gasteiger partial charge in [0.15, 0.2) is 0 Å². The number of amides is 3. The van der Waals surface area contributed by atoms with Crippen molar-refractivity contribution >= 4 is 11.9 Å². The van der Waals surface area contributed by atoms with Gasteiger partial charge >= 0.3 is 6.03 Å². The van der Waals surface area contributed by atoms with E-state index >= 15 is 0 Å². The third-order valence-electron chi connectivity index (χ3n) is 2.34. The zero-order valence-corrected chi connectivity index (χ0v) is 9.30. The maximum Gasteiger partial charge on any atom is 0.315 e. The largest absolute Gasteiger partial charge is 0.355 e. The standard InChI is InChI=1S/C10H19N3O2/c1-3-11-9(14)7(2)13-10(15)12-6-8-4-5-8/h7-8H,3-6H2,1-2H3,(H,11,14)(H2,12,13,15). The molecule has 86 valence electrons. The highest BCUT2D eigenvalue weighted by Crippen LogP contribution is 2.27. The van der Waals surface area contributed by atoms with Crippen molar-refractivity contribution in [1.29, 1.82) is 0 Å². The number of hydrogen-bond acceptors (Lipinski definition) is 2. The quantitative estimate of drug-likeness (QED) is 0.611. The molecule has 5 nitrogen and oxygen atoms in total. The van der Waals surface area contributed by atoms with Gasteiger partial charge in [-0.3, -0.25) is 4.79 Å². The lowest BCUT2D eigenvalue weighted by Crippen LogP contribution is -2.48. The van der Waals surface area contributed by atoms with E-state index in [0.717, 1.165) is 0 Å². The normalized spacial score (nSPS) is 16.7. The summed E-state index contributed by atoms with van der Waals surface area (Å²) in [5, 5.41) is 7.97. The van der Waals surface area contributed by atoms with Crippen LogP contribution in [0.4, 0.5) is 4.79 Å². The van der Waals surface area contributed by atoms with Crippen LogP contribution in [0.5, 0.6) is 0 Å². The second-order valence-corrected chi connectivity index (χ2v) is 3.91. The summed E-state index contributed by atoms with van der Waals surface area (Å²) in [5.74, 6) is 0.495. The summed E-state index contributed by atoms with van der Waals surface area (Å²) >= 11 is 0. The fourth-order valence-corrected chi connectivity index (χ4v) is 1.20. The Morgan fingerprint density at radius 2 is 2.00 bits per heavy atom. The van der Waals surface area contributed by atoms with Crippen LogP contribution in [0.2, 0.25) is 0 Å². The molecule has 0 radical (unpaired) electrons. The molecule has 3 N–H and O–H groups in total. The van der Waals surface area contributed by atoms with Crippen LogP contribution in [-0.4, -0.2) is 31.1 Å². The molecule has 0 aromatic rings. The van der Waals surface area contributed by atoms with E-state index in [1.54, 1.807) is 6.92 Å². The van der Waals surface area contributed by atoms with Gasteiger partial charge in [-0.25, -0.2) is 4.79 Å². The predicted molar refractivity (Wildman–Crippen MR) is 57.4 cm³/mol. The summed E-state index contributed by atoms with van der Waals surface area (Å²) in [5.41, 5.74) is 0. The minimum atomic E-state index is -0.482. The van der Waals surface area contributed by atoms with E-state index in [0.29, 0.717) is 19.0 Å². The highest BCUT2D eigenvalue weighted by Gasteiger charge is 2.22. The lowest BCUT2D eigenvalue weighted by molar-refractivity contribution is -0.122. The van der Waals surface area contributed by atoms with E-state index in [1.807, 2.05) is 6.92 Å². The molecule has 1 atom stereocenters. The fraction of sp³-hybridized carbons (Fsp3) is 0.800. The zero-order valence-electron chi connectivity index (χ0n) is 9.30. The minimum Gasteiger partial charge on any atom is -0.355 e. The van der Waals surface area contributed by atoms with Gasteiger partial charge in [-0.2, -0.15) is 0 Å². The van der Waals surface area contributed by atoms with Crippen LogP contribution in [0.1, 0.15) is 26.7 Å². The molecule has 0 saturated heterocycles. The molecule has 0 spiro atoms. The highest BCUT2D eigenvalue weighted by molar-refractivity contribution is 5.86. The average molecular weight is 213 g/mol. The summed E-state index contributed by atoms with van der Waals surface area (Å²) in [6.07, 6.45) is 2.40. The summed E-state index contributed by atoms with van der Waals surface area (Å²) in [6.45, 7) is 4.81. The average Bonchev–Trinajstić information content (AvgIpc) is 2.98. The Morgan fingerprint density at radius 3 is 2.53 bits per heavy atom. The van der Waals surface area contributed by atoms with E-state index in [4.69, 9.17) is 0 Å². The highest BCUT2D eigenvalue weighted by atomic mass is 16.2. The molecule has 1 aliphatic rings. The van der Waals surface area contributed by atoms with Gasteiger partial charge in [-0.1, -0.05) is 0 Å². The first-order chi connectivity index (χ1) is 7.13. The number of urea groups is 1. The molecule has 0 aromatic heterocycles. The first-order valence-corrected chi connectivity index (χ1v) is 5.45. The predicted octanol–water partition coefficient (Wildman–Crippen LogP) is 0.220. The Balaban J connectivity index is 2.14. The second kappa shape index (κ2) is 5.58. The molecule has 0 aromatic carbocycles. The van der Waals surface area contributed by atoms with Gasteiger partial charge in [0.2, 0.25) is 5.91 Å². The first-order valence-electron chi connectivity index (χ1n) is 5.45. The van der Waals surface area contributed by atoms with Crippen molar-refractivity contribution in [3.05, 3.63) is 0 Å². The summed E-state index contributed by atoms with van der Waals surface area (Å²) in [6, 6.07) is -0.746. The molecule has 5 heteroatoms. The lowest BCUT2D eigenvalue weighted by atomic mass is 10.3. The third-order valence-corrected chi connectivity index (χ3v) is 2.34. The molecule has 1 fully saturated rings. The molecule has 1 rings (SSSR count). The first kappa shape index (κ1) is 11.8. The van der Waals surface area contributed by atoms with E-state index < -0.39 is 6.04 Å². The van der Waals surface area contributed by atoms with Gasteiger partial charge in [-0.05, 0) is 32.6 Å². The molecule has 15 heavy (non-hydrogen) atoms. The van der Waals surface area contributed by atoms with Crippen molar-refractivity contribution < 1.29 is 9.59 Å². The number of hydrogen-bond donors (Lipinski definition) is 3. The zero-order chi connectivity index (χ0) is 11.3. The van der Waals surface area contributed by atoms with Crippen molar-refractivity contribution in [2.24, 2.45) is 5.92 Å². The molecule has 3 amide bonds. The van der Waals surface area contributed by atoms with Crippen molar-refractivity contribution in [3.8, 4) is 0 Å². The Bertz CT molecular complexity index is 239. The van der Waals surface area contributed by atoms with Crippen LogP contribution in [0.15, 0.2) is 0 Å². The maximum absolute atomic E-state index is 11.3. The van der Waals surface area contributed by atoms with Gasteiger partial charge in [0.05, 0.1) is 0 Å². The van der Waals surface area contributed by atoms with Crippen molar-refractivity contribution in [2.45, 2.75) is 32.7 Å². The Labute approximate surface area is 90.0 Å². The third kappa shape index (κ3) is 4.67. The van der Waals surface area contributed by atoms with E-state index in [1.165, 1.54) is 12.8 Å². The molecular formula is C10H19N3O2. The summed E-state index contributed by atoms with van der Waals surface area (Å²) < 4.78 is 0. The SMILES string of the molecule is CCNC(=O)C(C)NC(=O)NCC1CC1. The van der Waals surface area contributed by atoms with E-state index in [9.17, 15) is 9.59 Å². The number of nitrogens with one attached hydrogen (secondary N) is 3. The number of rotatable bonds is 5. The minimum absolute atomic E-state index is 0.154. The fourth-order valence-electron chi connectivity index (χ4n) is 1.20. The molecule has 0 aliphatic heterocycles. The summed E-state index contributed by atoms with van der Waals surface area (Å²) in [7, 11) is 0. The second-order valence-electron chi connectivity index (χ2n) is 3.91. The van der Waals surface area contributed by atoms with Crippen LogP contribution in [0, 0.1) is 5.92 Å². The monoisotopic (exact) mass is 213 g/mol. The van der Waals surface area contributed by atoms with Gasteiger partial charge in [0.25, 0.3) is 0 Å². The molecular weight excluding hydrogens is 194 g/mol. The molecule has 0 heterocycles. The van der Waals surface area contributed by atoms with Gasteiger partial charge in [0, 0.05) is 13.1 Å². The van der Waals surface area contributed by atoms with E-state index in [2.05, 4.69) is 16.0 Å². The van der Waals surface area contributed by atoms with Crippen molar-refractivity contribution in [2.75, 3.05) is 13.1 Å². The number of likely N-dealkylation sites (N-methyl/N-ethyl adjacent to an activating group) is 1.